The van der Waals surface area contributed by atoms with Gasteiger partial charge in [-0.05, 0) is 34.4 Å². The molecule has 1 rings (SSSR count). The maximum absolute atomic E-state index is 12.1. The van der Waals surface area contributed by atoms with Crippen LogP contribution in [0, 0.1) is 5.41 Å². The molecule has 1 unspecified atom stereocenters. The van der Waals surface area contributed by atoms with E-state index in [2.05, 4.69) is 19.0 Å². The molecule has 88 valence electrons. The molecule has 0 bridgehead atoms. The minimum Gasteiger partial charge on any atom is -0.341 e. The number of halogens is 1. The Bertz CT molecular complexity index is 241. The summed E-state index contributed by atoms with van der Waals surface area (Å²) in [6.45, 7) is 5.52. The molecule has 0 spiro atoms. The van der Waals surface area contributed by atoms with Gasteiger partial charge in [0.15, 0.2) is 0 Å². The Morgan fingerprint density at radius 1 is 1.53 bits per heavy atom. The Morgan fingerprint density at radius 3 is 2.53 bits per heavy atom. The summed E-state index contributed by atoms with van der Waals surface area (Å²) in [6.07, 6.45) is 1.07. The molecule has 1 atom stereocenters. The van der Waals surface area contributed by atoms with E-state index in [1.54, 1.807) is 0 Å². The molecular formula is C11H21ClN2O. The molecule has 1 amide bonds. The van der Waals surface area contributed by atoms with Crippen LogP contribution in [0.5, 0.6) is 0 Å². The maximum atomic E-state index is 12.1. The van der Waals surface area contributed by atoms with Crippen LogP contribution in [0.4, 0.5) is 0 Å². The molecule has 0 aromatic heterocycles. The summed E-state index contributed by atoms with van der Waals surface area (Å²) >= 11 is 5.81. The summed E-state index contributed by atoms with van der Waals surface area (Å²) in [5, 5.41) is 0. The van der Waals surface area contributed by atoms with E-state index in [0.717, 1.165) is 19.5 Å². The van der Waals surface area contributed by atoms with E-state index < -0.39 is 5.41 Å². The molecule has 0 aromatic rings. The van der Waals surface area contributed by atoms with Crippen LogP contribution in [0.15, 0.2) is 0 Å². The molecule has 1 aliphatic rings. The molecule has 0 radical (unpaired) electrons. The van der Waals surface area contributed by atoms with Crippen LogP contribution >= 0.6 is 11.6 Å². The van der Waals surface area contributed by atoms with Gasteiger partial charge < -0.3 is 9.80 Å². The number of alkyl halides is 1. The van der Waals surface area contributed by atoms with E-state index in [-0.39, 0.29) is 5.91 Å². The van der Waals surface area contributed by atoms with Crippen molar-refractivity contribution in [2.45, 2.75) is 26.3 Å². The molecular weight excluding hydrogens is 212 g/mol. The number of carbonyl (C=O) groups is 1. The normalized spacial score (nSPS) is 22.5. The van der Waals surface area contributed by atoms with Crippen LogP contribution in [-0.4, -0.2) is 54.8 Å². The standard InChI is InChI=1S/C11H21ClN2O/c1-11(2,8-12)10(15)14-6-5-9(7-14)13(3)4/h9H,5-8H2,1-4H3. The first-order valence-corrected chi connectivity index (χ1v) is 5.93. The van der Waals surface area contributed by atoms with Crippen LogP contribution in [0.3, 0.4) is 0 Å². The van der Waals surface area contributed by atoms with Gasteiger partial charge in [0.05, 0.1) is 5.41 Å². The summed E-state index contributed by atoms with van der Waals surface area (Å²) in [6, 6.07) is 0.500. The average Bonchev–Trinajstić information content (AvgIpc) is 2.65. The number of likely N-dealkylation sites (tertiary alicyclic amines) is 1. The summed E-state index contributed by atoms with van der Waals surface area (Å²) in [5.74, 6) is 0.566. The second kappa shape index (κ2) is 4.71. The highest BCUT2D eigenvalue weighted by atomic mass is 35.5. The third-order valence-corrected chi connectivity index (χ3v) is 3.76. The van der Waals surface area contributed by atoms with Gasteiger partial charge in [-0.2, -0.15) is 0 Å². The topological polar surface area (TPSA) is 23.6 Å². The van der Waals surface area contributed by atoms with Crippen LogP contribution in [0.1, 0.15) is 20.3 Å². The molecule has 0 saturated carbocycles. The fourth-order valence-electron chi connectivity index (χ4n) is 1.83. The predicted molar refractivity (Wildman–Crippen MR) is 63.2 cm³/mol. The summed E-state index contributed by atoms with van der Waals surface area (Å²) < 4.78 is 0. The monoisotopic (exact) mass is 232 g/mol. The fraction of sp³-hybridized carbons (Fsp3) is 0.909. The van der Waals surface area contributed by atoms with Gasteiger partial charge in [0, 0.05) is 25.0 Å². The fourth-order valence-corrected chi connectivity index (χ4v) is 1.95. The highest BCUT2D eigenvalue weighted by Gasteiger charge is 2.35. The Morgan fingerprint density at radius 2 is 2.13 bits per heavy atom. The summed E-state index contributed by atoms with van der Waals surface area (Å²) in [4.78, 5) is 16.2. The molecule has 0 N–H and O–H groups in total. The Labute approximate surface area is 97.4 Å². The van der Waals surface area contributed by atoms with Crippen molar-refractivity contribution in [2.75, 3.05) is 33.1 Å². The quantitative estimate of drug-likeness (QED) is 0.688. The van der Waals surface area contributed by atoms with Crippen molar-refractivity contribution in [3.8, 4) is 0 Å². The second-order valence-corrected chi connectivity index (χ2v) is 5.44. The lowest BCUT2D eigenvalue weighted by molar-refractivity contribution is -0.138. The molecule has 4 heteroatoms. The number of likely N-dealkylation sites (N-methyl/N-ethyl adjacent to an activating group) is 1. The highest BCUT2D eigenvalue weighted by molar-refractivity contribution is 6.19. The van der Waals surface area contributed by atoms with Crippen LogP contribution < -0.4 is 0 Å². The van der Waals surface area contributed by atoms with E-state index in [1.165, 1.54) is 0 Å². The van der Waals surface area contributed by atoms with Crippen molar-refractivity contribution in [3.05, 3.63) is 0 Å². The first-order valence-electron chi connectivity index (χ1n) is 5.40. The molecule has 0 aliphatic carbocycles. The highest BCUT2D eigenvalue weighted by Crippen LogP contribution is 2.24. The molecule has 1 fully saturated rings. The Kier molecular flexibility index (Phi) is 4.01. The van der Waals surface area contributed by atoms with Crippen LogP contribution in [0.25, 0.3) is 0 Å². The molecule has 1 heterocycles. The lowest BCUT2D eigenvalue weighted by Gasteiger charge is -2.28. The number of hydrogen-bond donors (Lipinski definition) is 0. The van der Waals surface area contributed by atoms with Gasteiger partial charge in [-0.15, -0.1) is 11.6 Å². The second-order valence-electron chi connectivity index (χ2n) is 5.17. The number of hydrogen-bond acceptors (Lipinski definition) is 2. The molecule has 15 heavy (non-hydrogen) atoms. The lowest BCUT2D eigenvalue weighted by Crippen LogP contribution is -2.42. The number of carbonyl (C=O) groups excluding carboxylic acids is 1. The smallest absolute Gasteiger partial charge is 0.229 e. The first-order chi connectivity index (χ1) is 6.88. The maximum Gasteiger partial charge on any atom is 0.229 e. The van der Waals surface area contributed by atoms with Gasteiger partial charge >= 0.3 is 0 Å². The van der Waals surface area contributed by atoms with E-state index in [1.807, 2.05) is 18.7 Å². The zero-order chi connectivity index (χ0) is 11.6. The van der Waals surface area contributed by atoms with E-state index in [9.17, 15) is 4.79 Å². The number of nitrogens with zero attached hydrogens (tertiary/aromatic N) is 2. The first kappa shape index (κ1) is 12.8. The van der Waals surface area contributed by atoms with Gasteiger partial charge in [0.25, 0.3) is 0 Å². The predicted octanol–water partition coefficient (Wildman–Crippen LogP) is 1.41. The minimum atomic E-state index is -0.428. The van der Waals surface area contributed by atoms with Crippen LogP contribution in [0.2, 0.25) is 0 Å². The Balaban J connectivity index is 2.58. The van der Waals surface area contributed by atoms with Gasteiger partial charge in [-0.25, -0.2) is 0 Å². The average molecular weight is 233 g/mol. The number of rotatable bonds is 3. The third kappa shape index (κ3) is 2.85. The minimum absolute atomic E-state index is 0.182. The van der Waals surface area contributed by atoms with Crippen molar-refractivity contribution in [1.82, 2.24) is 9.80 Å². The van der Waals surface area contributed by atoms with Crippen molar-refractivity contribution in [1.29, 1.82) is 0 Å². The Hall–Kier alpha value is -0.280. The molecule has 0 aromatic carbocycles. The van der Waals surface area contributed by atoms with E-state index in [4.69, 9.17) is 11.6 Å². The summed E-state index contributed by atoms with van der Waals surface area (Å²) in [7, 11) is 4.12. The van der Waals surface area contributed by atoms with Crippen molar-refractivity contribution >= 4 is 17.5 Å². The SMILES string of the molecule is CN(C)C1CCN(C(=O)C(C)(C)CCl)C1. The zero-order valence-electron chi connectivity index (χ0n) is 10.1. The van der Waals surface area contributed by atoms with Crippen molar-refractivity contribution < 1.29 is 4.79 Å². The van der Waals surface area contributed by atoms with Crippen molar-refractivity contribution in [3.63, 3.8) is 0 Å². The van der Waals surface area contributed by atoms with E-state index >= 15 is 0 Å². The van der Waals surface area contributed by atoms with E-state index in [0.29, 0.717) is 11.9 Å². The zero-order valence-corrected chi connectivity index (χ0v) is 10.8. The van der Waals surface area contributed by atoms with Gasteiger partial charge in [-0.3, -0.25) is 4.79 Å². The van der Waals surface area contributed by atoms with Crippen LogP contribution in [-0.2, 0) is 4.79 Å². The summed E-state index contributed by atoms with van der Waals surface area (Å²) in [5.41, 5.74) is -0.428. The molecule has 1 saturated heterocycles. The number of amides is 1. The third-order valence-electron chi connectivity index (χ3n) is 3.09. The van der Waals surface area contributed by atoms with Crippen molar-refractivity contribution in [2.24, 2.45) is 5.41 Å². The molecule has 1 aliphatic heterocycles. The largest absolute Gasteiger partial charge is 0.341 e. The van der Waals surface area contributed by atoms with Gasteiger partial charge in [0.1, 0.15) is 0 Å². The molecule has 3 nitrogen and oxygen atoms in total. The van der Waals surface area contributed by atoms with Gasteiger partial charge in [0.2, 0.25) is 5.91 Å². The lowest BCUT2D eigenvalue weighted by atomic mass is 9.94. The van der Waals surface area contributed by atoms with Gasteiger partial charge in [-0.1, -0.05) is 0 Å².